The molecule has 0 aliphatic carbocycles. The smallest absolute Gasteiger partial charge is 0.254 e. The molecule has 5 nitrogen and oxygen atoms in total. The SMILES string of the molecule is O=C(NC1CCN(c2cc(-c3ccc(F)cc3)[nH]n2)C1)c1cc(Cl)ccc1F. The summed E-state index contributed by atoms with van der Waals surface area (Å²) in [4.78, 5) is 14.4. The third-order valence-electron chi connectivity index (χ3n) is 4.74. The summed E-state index contributed by atoms with van der Waals surface area (Å²) in [6.07, 6.45) is 0.715. The maximum atomic E-state index is 13.9. The molecule has 1 aromatic heterocycles. The number of hydrogen-bond donors (Lipinski definition) is 2. The number of aromatic amines is 1. The quantitative estimate of drug-likeness (QED) is 0.693. The minimum Gasteiger partial charge on any atom is -0.353 e. The molecule has 0 bridgehead atoms. The van der Waals surface area contributed by atoms with Crippen molar-refractivity contribution >= 4 is 23.3 Å². The maximum Gasteiger partial charge on any atom is 0.254 e. The van der Waals surface area contributed by atoms with E-state index in [0.29, 0.717) is 24.5 Å². The predicted octanol–water partition coefficient (Wildman–Crippen LogP) is 4.02. The molecular weight excluding hydrogens is 386 g/mol. The summed E-state index contributed by atoms with van der Waals surface area (Å²) in [5.41, 5.74) is 1.55. The number of benzene rings is 2. The highest BCUT2D eigenvalue weighted by Crippen LogP contribution is 2.25. The lowest BCUT2D eigenvalue weighted by Gasteiger charge is -2.16. The molecule has 3 aromatic rings. The van der Waals surface area contributed by atoms with Crippen molar-refractivity contribution in [3.05, 3.63) is 70.8 Å². The molecule has 0 radical (unpaired) electrons. The van der Waals surface area contributed by atoms with Crippen molar-refractivity contribution in [3.63, 3.8) is 0 Å². The number of rotatable bonds is 4. The van der Waals surface area contributed by atoms with Gasteiger partial charge in [-0.3, -0.25) is 9.89 Å². The molecule has 4 rings (SSSR count). The van der Waals surface area contributed by atoms with E-state index in [1.165, 1.54) is 30.3 Å². The largest absolute Gasteiger partial charge is 0.353 e. The second-order valence-electron chi connectivity index (χ2n) is 6.68. The zero-order chi connectivity index (χ0) is 19.7. The second-order valence-corrected chi connectivity index (χ2v) is 7.11. The fourth-order valence-corrected chi connectivity index (χ4v) is 3.44. The van der Waals surface area contributed by atoms with Gasteiger partial charge >= 0.3 is 0 Å². The summed E-state index contributed by atoms with van der Waals surface area (Å²) in [7, 11) is 0. The first-order valence-electron chi connectivity index (χ1n) is 8.82. The number of carbonyl (C=O) groups excluding carboxylic acids is 1. The molecule has 1 atom stereocenters. The molecule has 0 saturated carbocycles. The Kier molecular flexibility index (Phi) is 5.00. The van der Waals surface area contributed by atoms with Crippen LogP contribution in [0.25, 0.3) is 11.3 Å². The Bertz CT molecular complexity index is 1010. The Balaban J connectivity index is 1.41. The van der Waals surface area contributed by atoms with Crippen molar-refractivity contribution in [1.82, 2.24) is 15.5 Å². The van der Waals surface area contributed by atoms with Crippen LogP contribution in [0.5, 0.6) is 0 Å². The number of anilines is 1. The van der Waals surface area contributed by atoms with Crippen LogP contribution in [-0.4, -0.2) is 35.2 Å². The van der Waals surface area contributed by atoms with Gasteiger partial charge in [-0.25, -0.2) is 8.78 Å². The summed E-state index contributed by atoms with van der Waals surface area (Å²) in [5, 5.41) is 10.4. The van der Waals surface area contributed by atoms with Gasteiger partial charge in [0.15, 0.2) is 5.82 Å². The molecule has 1 fully saturated rings. The van der Waals surface area contributed by atoms with Gasteiger partial charge in [0.25, 0.3) is 5.91 Å². The van der Waals surface area contributed by atoms with E-state index in [1.807, 2.05) is 11.0 Å². The molecule has 28 heavy (non-hydrogen) atoms. The number of aromatic nitrogens is 2. The molecule has 2 aromatic carbocycles. The van der Waals surface area contributed by atoms with Crippen molar-refractivity contribution in [2.24, 2.45) is 0 Å². The van der Waals surface area contributed by atoms with Crippen LogP contribution in [0.3, 0.4) is 0 Å². The van der Waals surface area contributed by atoms with Crippen LogP contribution in [0.15, 0.2) is 48.5 Å². The topological polar surface area (TPSA) is 61.0 Å². The average molecular weight is 403 g/mol. The van der Waals surface area contributed by atoms with Crippen LogP contribution in [0.4, 0.5) is 14.6 Å². The van der Waals surface area contributed by atoms with Crippen molar-refractivity contribution in [2.75, 3.05) is 18.0 Å². The van der Waals surface area contributed by atoms with Gasteiger partial charge in [0.2, 0.25) is 0 Å². The molecule has 1 aliphatic heterocycles. The standard InChI is InChI=1S/C20H17ClF2N4O/c21-13-3-6-17(23)16(9-13)20(28)24-15-7-8-27(11-15)19-10-18(25-26-19)12-1-4-14(22)5-2-12/h1-6,9-10,15H,7-8,11H2,(H,24,28)(H,25,26). The summed E-state index contributed by atoms with van der Waals surface area (Å²) < 4.78 is 26.9. The highest BCUT2D eigenvalue weighted by atomic mass is 35.5. The minimum absolute atomic E-state index is 0.0654. The molecule has 1 amide bonds. The van der Waals surface area contributed by atoms with Crippen LogP contribution in [0.1, 0.15) is 16.8 Å². The number of nitrogens with zero attached hydrogens (tertiary/aromatic N) is 2. The van der Waals surface area contributed by atoms with E-state index in [-0.39, 0.29) is 17.4 Å². The molecular formula is C20H17ClF2N4O. The molecule has 2 heterocycles. The summed E-state index contributed by atoms with van der Waals surface area (Å²) >= 11 is 5.85. The highest BCUT2D eigenvalue weighted by Gasteiger charge is 2.26. The Morgan fingerprint density at radius 3 is 2.75 bits per heavy atom. The van der Waals surface area contributed by atoms with Crippen LogP contribution < -0.4 is 10.2 Å². The number of carbonyl (C=O) groups is 1. The van der Waals surface area contributed by atoms with E-state index < -0.39 is 11.7 Å². The molecule has 1 saturated heterocycles. The predicted molar refractivity (Wildman–Crippen MR) is 103 cm³/mol. The first kappa shape index (κ1) is 18.4. The first-order chi connectivity index (χ1) is 13.5. The third kappa shape index (κ3) is 3.84. The lowest BCUT2D eigenvalue weighted by molar-refractivity contribution is 0.0936. The number of nitrogens with one attached hydrogen (secondary N) is 2. The highest BCUT2D eigenvalue weighted by molar-refractivity contribution is 6.31. The number of hydrogen-bond acceptors (Lipinski definition) is 3. The van der Waals surface area contributed by atoms with Gasteiger partial charge in [-0.2, -0.15) is 5.10 Å². The van der Waals surface area contributed by atoms with E-state index in [1.54, 1.807) is 12.1 Å². The first-order valence-corrected chi connectivity index (χ1v) is 9.19. The van der Waals surface area contributed by atoms with Crippen molar-refractivity contribution in [1.29, 1.82) is 0 Å². The average Bonchev–Trinajstić information content (AvgIpc) is 3.34. The zero-order valence-electron chi connectivity index (χ0n) is 14.8. The van der Waals surface area contributed by atoms with Crippen LogP contribution in [0, 0.1) is 11.6 Å². The summed E-state index contributed by atoms with van der Waals surface area (Å²) in [6.45, 7) is 1.26. The van der Waals surface area contributed by atoms with Crippen LogP contribution in [0.2, 0.25) is 5.02 Å². The fraction of sp³-hybridized carbons (Fsp3) is 0.200. The number of halogens is 3. The second kappa shape index (κ2) is 7.59. The van der Waals surface area contributed by atoms with Crippen molar-refractivity contribution in [3.8, 4) is 11.3 Å². The van der Waals surface area contributed by atoms with Crippen LogP contribution >= 0.6 is 11.6 Å². The lowest BCUT2D eigenvalue weighted by atomic mass is 10.1. The Hall–Kier alpha value is -2.93. The fourth-order valence-electron chi connectivity index (χ4n) is 3.27. The minimum atomic E-state index is -0.604. The van der Waals surface area contributed by atoms with Crippen molar-refractivity contribution in [2.45, 2.75) is 12.5 Å². The normalized spacial score (nSPS) is 16.4. The van der Waals surface area contributed by atoms with Gasteiger partial charge < -0.3 is 10.2 Å². The van der Waals surface area contributed by atoms with Gasteiger partial charge in [0.1, 0.15) is 11.6 Å². The van der Waals surface area contributed by atoms with Crippen molar-refractivity contribution < 1.29 is 13.6 Å². The molecule has 1 aliphatic rings. The third-order valence-corrected chi connectivity index (χ3v) is 4.98. The Morgan fingerprint density at radius 2 is 1.96 bits per heavy atom. The molecule has 144 valence electrons. The Morgan fingerprint density at radius 1 is 1.18 bits per heavy atom. The molecule has 8 heteroatoms. The van der Waals surface area contributed by atoms with Gasteiger partial charge in [-0.15, -0.1) is 0 Å². The van der Waals surface area contributed by atoms with E-state index in [4.69, 9.17) is 11.6 Å². The molecule has 0 spiro atoms. The molecule has 2 N–H and O–H groups in total. The molecule has 1 unspecified atom stereocenters. The van der Waals surface area contributed by atoms with E-state index in [9.17, 15) is 13.6 Å². The van der Waals surface area contributed by atoms with Gasteiger partial charge in [0.05, 0.1) is 11.3 Å². The monoisotopic (exact) mass is 402 g/mol. The van der Waals surface area contributed by atoms with E-state index in [2.05, 4.69) is 15.5 Å². The Labute approximate surface area is 165 Å². The van der Waals surface area contributed by atoms with Crippen LogP contribution in [-0.2, 0) is 0 Å². The van der Waals surface area contributed by atoms with Gasteiger partial charge in [-0.05, 0) is 54.4 Å². The number of amides is 1. The maximum absolute atomic E-state index is 13.9. The van der Waals surface area contributed by atoms with E-state index >= 15 is 0 Å². The number of H-pyrrole nitrogens is 1. The zero-order valence-corrected chi connectivity index (χ0v) is 15.5. The summed E-state index contributed by atoms with van der Waals surface area (Å²) in [6, 6.07) is 11.8. The van der Waals surface area contributed by atoms with E-state index in [0.717, 1.165) is 17.1 Å². The van der Waals surface area contributed by atoms with Gasteiger partial charge in [0, 0.05) is 30.2 Å². The summed E-state index contributed by atoms with van der Waals surface area (Å²) in [5.74, 6) is -0.642. The van der Waals surface area contributed by atoms with Gasteiger partial charge in [-0.1, -0.05) is 11.6 Å². The lowest BCUT2D eigenvalue weighted by Crippen LogP contribution is -2.37.